The van der Waals surface area contributed by atoms with E-state index < -0.39 is 0 Å². The number of hydrogen-bond acceptors (Lipinski definition) is 3. The van der Waals surface area contributed by atoms with Crippen molar-refractivity contribution in [2.24, 2.45) is 11.8 Å². The van der Waals surface area contributed by atoms with Gasteiger partial charge in [0, 0.05) is 12.6 Å². The van der Waals surface area contributed by atoms with Gasteiger partial charge in [0.05, 0.1) is 23.4 Å². The summed E-state index contributed by atoms with van der Waals surface area (Å²) >= 11 is 5.99. The minimum absolute atomic E-state index is 0. The molecule has 3 N–H and O–H groups in total. The van der Waals surface area contributed by atoms with Crippen LogP contribution in [0.1, 0.15) is 43.0 Å². The fourth-order valence-corrected chi connectivity index (χ4v) is 3.16. The van der Waals surface area contributed by atoms with Gasteiger partial charge in [-0.2, -0.15) is 0 Å². The van der Waals surface area contributed by atoms with Crippen LogP contribution in [0.15, 0.2) is 12.1 Å². The predicted octanol–water partition coefficient (Wildman–Crippen LogP) is 3.91. The molecule has 2 atom stereocenters. The molecule has 1 aliphatic carbocycles. The number of nitrogens with two attached hydrogens (primary N) is 1. The first-order chi connectivity index (χ1) is 10.0. The Kier molecular flexibility index (Phi) is 7.30. The number of carbonyl (C=O) groups is 1. The SMILES string of the molecule is COc1cc(N)c(Cl)cc1C(=O)NCC1CCCC(C)C1.Cl. The molecule has 1 amide bonds. The van der Waals surface area contributed by atoms with Gasteiger partial charge in [-0.1, -0.05) is 31.4 Å². The molecule has 1 aromatic rings. The summed E-state index contributed by atoms with van der Waals surface area (Å²) in [5, 5.41) is 3.36. The van der Waals surface area contributed by atoms with Gasteiger partial charge in [-0.15, -0.1) is 12.4 Å². The van der Waals surface area contributed by atoms with E-state index in [0.29, 0.717) is 34.5 Å². The van der Waals surface area contributed by atoms with E-state index in [2.05, 4.69) is 12.2 Å². The molecule has 0 saturated heterocycles. The van der Waals surface area contributed by atoms with Crippen molar-refractivity contribution < 1.29 is 9.53 Å². The molecular formula is C16H24Cl2N2O2. The number of methoxy groups -OCH3 is 1. The van der Waals surface area contributed by atoms with Gasteiger partial charge >= 0.3 is 0 Å². The van der Waals surface area contributed by atoms with E-state index in [0.717, 1.165) is 5.92 Å². The summed E-state index contributed by atoms with van der Waals surface area (Å²) < 4.78 is 5.21. The molecule has 0 bridgehead atoms. The molecular weight excluding hydrogens is 323 g/mol. The third kappa shape index (κ3) is 4.68. The summed E-state index contributed by atoms with van der Waals surface area (Å²) in [4.78, 5) is 12.3. The molecule has 2 rings (SSSR count). The van der Waals surface area contributed by atoms with Crippen molar-refractivity contribution >= 4 is 35.6 Å². The Balaban J connectivity index is 0.00000242. The lowest BCUT2D eigenvalue weighted by Crippen LogP contribution is -2.31. The van der Waals surface area contributed by atoms with Crippen LogP contribution in [0.4, 0.5) is 5.69 Å². The standard InChI is InChI=1S/C16H23ClN2O2.ClH/c1-10-4-3-5-11(6-10)9-19-16(20)12-7-13(17)14(18)8-15(12)21-2;/h7-8,10-11H,3-6,9,18H2,1-2H3,(H,19,20);1H. The number of halogens is 2. The van der Waals surface area contributed by atoms with Crippen LogP contribution < -0.4 is 15.8 Å². The number of benzene rings is 1. The minimum Gasteiger partial charge on any atom is -0.496 e. The van der Waals surface area contributed by atoms with Gasteiger partial charge < -0.3 is 15.8 Å². The summed E-state index contributed by atoms with van der Waals surface area (Å²) in [6, 6.07) is 3.15. The zero-order chi connectivity index (χ0) is 15.4. The average molecular weight is 347 g/mol. The first-order valence-electron chi connectivity index (χ1n) is 7.42. The summed E-state index contributed by atoms with van der Waals surface area (Å²) in [6.45, 7) is 2.98. The Bertz CT molecular complexity index is 523. The Labute approximate surface area is 143 Å². The Morgan fingerprint density at radius 2 is 2.18 bits per heavy atom. The van der Waals surface area contributed by atoms with Gasteiger partial charge in [0.2, 0.25) is 0 Å². The van der Waals surface area contributed by atoms with E-state index in [1.165, 1.54) is 32.8 Å². The lowest BCUT2D eigenvalue weighted by atomic mass is 9.82. The first-order valence-corrected chi connectivity index (χ1v) is 7.80. The third-order valence-electron chi connectivity index (χ3n) is 4.16. The first kappa shape index (κ1) is 18.9. The fourth-order valence-electron chi connectivity index (χ4n) is 2.99. The van der Waals surface area contributed by atoms with Crippen molar-refractivity contribution in [1.29, 1.82) is 0 Å². The number of anilines is 1. The van der Waals surface area contributed by atoms with Crippen LogP contribution in [0.5, 0.6) is 5.75 Å². The van der Waals surface area contributed by atoms with Crippen LogP contribution in [0.3, 0.4) is 0 Å². The second-order valence-electron chi connectivity index (χ2n) is 5.92. The van der Waals surface area contributed by atoms with E-state index >= 15 is 0 Å². The van der Waals surface area contributed by atoms with Crippen molar-refractivity contribution in [1.82, 2.24) is 5.32 Å². The lowest BCUT2D eigenvalue weighted by molar-refractivity contribution is 0.0937. The van der Waals surface area contributed by atoms with Crippen molar-refractivity contribution in [2.75, 3.05) is 19.4 Å². The molecule has 22 heavy (non-hydrogen) atoms. The molecule has 1 aliphatic rings. The Morgan fingerprint density at radius 3 is 2.82 bits per heavy atom. The van der Waals surface area contributed by atoms with Gasteiger partial charge in [0.1, 0.15) is 5.75 Å². The molecule has 1 aromatic carbocycles. The van der Waals surface area contributed by atoms with E-state index in [4.69, 9.17) is 22.1 Å². The molecule has 1 saturated carbocycles. The number of hydrogen-bond donors (Lipinski definition) is 2. The smallest absolute Gasteiger partial charge is 0.255 e. The van der Waals surface area contributed by atoms with E-state index in [1.54, 1.807) is 12.1 Å². The van der Waals surface area contributed by atoms with Crippen LogP contribution in [0.25, 0.3) is 0 Å². The highest BCUT2D eigenvalue weighted by Gasteiger charge is 2.21. The maximum Gasteiger partial charge on any atom is 0.255 e. The highest BCUT2D eigenvalue weighted by molar-refractivity contribution is 6.33. The number of nitrogens with one attached hydrogen (secondary N) is 1. The molecule has 0 aliphatic heterocycles. The number of carbonyl (C=O) groups excluding carboxylic acids is 1. The quantitative estimate of drug-likeness (QED) is 0.812. The molecule has 4 nitrogen and oxygen atoms in total. The Morgan fingerprint density at radius 1 is 1.45 bits per heavy atom. The molecule has 1 fully saturated rings. The minimum atomic E-state index is -0.160. The van der Waals surface area contributed by atoms with E-state index in [9.17, 15) is 4.79 Å². The molecule has 2 unspecified atom stereocenters. The van der Waals surface area contributed by atoms with Crippen LogP contribution in [0, 0.1) is 11.8 Å². The molecule has 0 heterocycles. The maximum atomic E-state index is 12.3. The van der Waals surface area contributed by atoms with Crippen LogP contribution in [-0.2, 0) is 0 Å². The van der Waals surface area contributed by atoms with E-state index in [1.807, 2.05) is 0 Å². The second kappa shape index (κ2) is 8.49. The van der Waals surface area contributed by atoms with Gasteiger partial charge in [0.25, 0.3) is 5.91 Å². The molecule has 0 spiro atoms. The Hall–Kier alpha value is -1.13. The number of ether oxygens (including phenoxy) is 1. The van der Waals surface area contributed by atoms with Crippen LogP contribution in [-0.4, -0.2) is 19.6 Å². The molecule has 0 aromatic heterocycles. The third-order valence-corrected chi connectivity index (χ3v) is 4.49. The van der Waals surface area contributed by atoms with Crippen molar-refractivity contribution in [2.45, 2.75) is 32.6 Å². The van der Waals surface area contributed by atoms with Gasteiger partial charge in [-0.25, -0.2) is 0 Å². The molecule has 6 heteroatoms. The average Bonchev–Trinajstić information content (AvgIpc) is 2.47. The van der Waals surface area contributed by atoms with Gasteiger partial charge in [0.15, 0.2) is 0 Å². The molecule has 0 radical (unpaired) electrons. The van der Waals surface area contributed by atoms with Gasteiger partial charge in [-0.05, 0) is 30.7 Å². The van der Waals surface area contributed by atoms with Crippen LogP contribution in [0.2, 0.25) is 5.02 Å². The zero-order valence-electron chi connectivity index (χ0n) is 13.0. The summed E-state index contributed by atoms with van der Waals surface area (Å²) in [5.41, 5.74) is 6.57. The lowest BCUT2D eigenvalue weighted by Gasteiger charge is -2.26. The van der Waals surface area contributed by atoms with Crippen molar-refractivity contribution in [3.05, 3.63) is 22.7 Å². The summed E-state index contributed by atoms with van der Waals surface area (Å²) in [7, 11) is 1.52. The van der Waals surface area contributed by atoms with Crippen molar-refractivity contribution in [3.8, 4) is 5.75 Å². The topological polar surface area (TPSA) is 64.3 Å². The summed E-state index contributed by atoms with van der Waals surface area (Å²) in [5.74, 6) is 1.60. The zero-order valence-corrected chi connectivity index (χ0v) is 14.6. The van der Waals surface area contributed by atoms with Crippen molar-refractivity contribution in [3.63, 3.8) is 0 Å². The highest BCUT2D eigenvalue weighted by Crippen LogP contribution is 2.30. The predicted molar refractivity (Wildman–Crippen MR) is 93.1 cm³/mol. The number of rotatable bonds is 4. The maximum absolute atomic E-state index is 12.3. The highest BCUT2D eigenvalue weighted by atomic mass is 35.5. The van der Waals surface area contributed by atoms with E-state index in [-0.39, 0.29) is 18.3 Å². The normalized spacial score (nSPS) is 20.9. The largest absolute Gasteiger partial charge is 0.496 e. The van der Waals surface area contributed by atoms with Crippen LogP contribution >= 0.6 is 24.0 Å². The fraction of sp³-hybridized carbons (Fsp3) is 0.562. The second-order valence-corrected chi connectivity index (χ2v) is 6.33. The van der Waals surface area contributed by atoms with Gasteiger partial charge in [-0.3, -0.25) is 4.79 Å². The molecule has 124 valence electrons. The number of amides is 1. The monoisotopic (exact) mass is 346 g/mol. The summed E-state index contributed by atoms with van der Waals surface area (Å²) in [6.07, 6.45) is 4.91. The number of nitrogen functional groups attached to an aromatic ring is 1.